The van der Waals surface area contributed by atoms with E-state index in [0.717, 1.165) is 12.8 Å². The van der Waals surface area contributed by atoms with Crippen LogP contribution in [0.3, 0.4) is 0 Å². The third kappa shape index (κ3) is 3.87. The molecular weight excluding hydrogens is 186 g/mol. The Labute approximate surface area is 84.0 Å². The van der Waals surface area contributed by atoms with Crippen molar-refractivity contribution in [2.45, 2.75) is 31.4 Å². The van der Waals surface area contributed by atoms with Crippen LogP contribution in [-0.2, 0) is 0 Å². The lowest BCUT2D eigenvalue weighted by atomic mass is 10.0. The molecule has 0 saturated heterocycles. The smallest absolute Gasteiger partial charge is 0.328 e. The summed E-state index contributed by atoms with van der Waals surface area (Å²) in [6, 6.07) is -0.319. The van der Waals surface area contributed by atoms with Gasteiger partial charge in [0, 0.05) is 11.3 Å². The van der Waals surface area contributed by atoms with Crippen LogP contribution in [0.5, 0.6) is 0 Å². The molecule has 4 nitrogen and oxygen atoms in total. The van der Waals surface area contributed by atoms with Crippen LogP contribution >= 0.6 is 11.8 Å². The summed E-state index contributed by atoms with van der Waals surface area (Å²) in [4.78, 5) is 10.8. The molecular formula is C8H19N3OS. The molecule has 0 aliphatic heterocycles. The number of hydrogen-bond acceptors (Lipinski definition) is 3. The fourth-order valence-corrected chi connectivity index (χ4v) is 1.95. The molecule has 0 aliphatic rings. The first-order valence-corrected chi connectivity index (χ1v) is 5.66. The number of rotatable bonds is 5. The minimum absolute atomic E-state index is 0.145. The van der Waals surface area contributed by atoms with E-state index in [4.69, 9.17) is 5.84 Å². The lowest BCUT2D eigenvalue weighted by Gasteiger charge is -2.29. The molecule has 0 bridgehead atoms. The fraction of sp³-hybridized carbons (Fsp3) is 0.875. The van der Waals surface area contributed by atoms with E-state index in [1.165, 1.54) is 0 Å². The van der Waals surface area contributed by atoms with Crippen LogP contribution in [0.25, 0.3) is 0 Å². The summed E-state index contributed by atoms with van der Waals surface area (Å²) < 4.78 is 0.145. The highest BCUT2D eigenvalue weighted by Gasteiger charge is 2.24. The third-order valence-electron chi connectivity index (χ3n) is 2.42. The second-order valence-corrected chi connectivity index (χ2v) is 4.20. The Hall–Kier alpha value is -0.420. The van der Waals surface area contributed by atoms with Crippen molar-refractivity contribution in [1.29, 1.82) is 0 Å². The van der Waals surface area contributed by atoms with Crippen LogP contribution < -0.4 is 16.6 Å². The molecule has 2 amide bonds. The Morgan fingerprint density at radius 1 is 1.46 bits per heavy atom. The first-order chi connectivity index (χ1) is 6.14. The summed E-state index contributed by atoms with van der Waals surface area (Å²) in [7, 11) is 0. The maximum absolute atomic E-state index is 10.8. The molecule has 0 aromatic carbocycles. The van der Waals surface area contributed by atoms with Crippen LogP contribution in [0.1, 0.15) is 26.7 Å². The zero-order chi connectivity index (χ0) is 10.3. The number of hydrogen-bond donors (Lipinski definition) is 3. The average molecular weight is 205 g/mol. The largest absolute Gasteiger partial charge is 0.336 e. The van der Waals surface area contributed by atoms with Gasteiger partial charge < -0.3 is 5.32 Å². The standard InChI is InChI=1S/C8H19N3OS/c1-4-8(5-2,13-3)6-10-7(12)11-9/h4-6,9H2,1-3H3,(H2,10,11,12). The van der Waals surface area contributed by atoms with Gasteiger partial charge >= 0.3 is 6.03 Å². The van der Waals surface area contributed by atoms with Crippen molar-refractivity contribution >= 4 is 17.8 Å². The van der Waals surface area contributed by atoms with Crippen LogP contribution in [0, 0.1) is 0 Å². The molecule has 0 fully saturated rings. The number of nitrogens with one attached hydrogen (secondary N) is 2. The number of urea groups is 1. The van der Waals surface area contributed by atoms with Gasteiger partial charge in [-0.1, -0.05) is 13.8 Å². The van der Waals surface area contributed by atoms with Crippen molar-refractivity contribution in [2.75, 3.05) is 12.8 Å². The highest BCUT2D eigenvalue weighted by Crippen LogP contribution is 2.29. The Morgan fingerprint density at radius 3 is 2.31 bits per heavy atom. The minimum Gasteiger partial charge on any atom is -0.336 e. The normalized spacial score (nSPS) is 11.1. The topological polar surface area (TPSA) is 67.2 Å². The Morgan fingerprint density at radius 2 is 2.00 bits per heavy atom. The van der Waals surface area contributed by atoms with Crippen molar-refractivity contribution < 1.29 is 4.79 Å². The quantitative estimate of drug-likeness (QED) is 0.357. The molecule has 0 heterocycles. The monoisotopic (exact) mass is 205 g/mol. The van der Waals surface area contributed by atoms with Crippen molar-refractivity contribution in [1.82, 2.24) is 10.7 Å². The number of nitrogens with two attached hydrogens (primary N) is 1. The number of thioether (sulfide) groups is 1. The van der Waals surface area contributed by atoms with Gasteiger partial charge in [-0.2, -0.15) is 11.8 Å². The van der Waals surface area contributed by atoms with Gasteiger partial charge in [0.2, 0.25) is 0 Å². The third-order valence-corrected chi connectivity index (χ3v) is 4.01. The van der Waals surface area contributed by atoms with Crippen LogP contribution in [0.2, 0.25) is 0 Å². The van der Waals surface area contributed by atoms with Gasteiger partial charge in [0.05, 0.1) is 0 Å². The molecule has 78 valence electrons. The molecule has 13 heavy (non-hydrogen) atoms. The number of hydrazine groups is 1. The van der Waals surface area contributed by atoms with Crippen molar-refractivity contribution in [2.24, 2.45) is 5.84 Å². The molecule has 0 radical (unpaired) electrons. The van der Waals surface area contributed by atoms with E-state index in [0.29, 0.717) is 6.54 Å². The summed E-state index contributed by atoms with van der Waals surface area (Å²) in [5.74, 6) is 4.96. The maximum atomic E-state index is 10.8. The summed E-state index contributed by atoms with van der Waals surface area (Å²) in [6.07, 6.45) is 4.14. The molecule has 0 unspecified atom stereocenters. The summed E-state index contributed by atoms with van der Waals surface area (Å²) in [6.45, 7) is 4.91. The van der Waals surface area contributed by atoms with Crippen molar-refractivity contribution in [3.63, 3.8) is 0 Å². The minimum atomic E-state index is -0.319. The highest BCUT2D eigenvalue weighted by atomic mass is 32.2. The van der Waals surface area contributed by atoms with Gasteiger partial charge in [0.25, 0.3) is 0 Å². The van der Waals surface area contributed by atoms with Crippen LogP contribution in [0.4, 0.5) is 4.79 Å². The van der Waals surface area contributed by atoms with Crippen molar-refractivity contribution in [3.05, 3.63) is 0 Å². The molecule has 0 aromatic rings. The van der Waals surface area contributed by atoms with E-state index in [1.807, 2.05) is 0 Å². The lowest BCUT2D eigenvalue weighted by molar-refractivity contribution is 0.239. The molecule has 0 spiro atoms. The number of carbonyl (C=O) groups excluding carboxylic acids is 1. The van der Waals surface area contributed by atoms with E-state index in [-0.39, 0.29) is 10.8 Å². The van der Waals surface area contributed by atoms with Gasteiger partial charge in [0.1, 0.15) is 0 Å². The Balaban J connectivity index is 4.02. The first kappa shape index (κ1) is 12.6. The SMILES string of the molecule is CCC(CC)(CNC(=O)NN)SC. The maximum Gasteiger partial charge on any atom is 0.328 e. The fourth-order valence-electron chi connectivity index (χ4n) is 1.15. The van der Waals surface area contributed by atoms with Gasteiger partial charge in [-0.3, -0.25) is 5.43 Å². The number of amides is 2. The average Bonchev–Trinajstić information content (AvgIpc) is 2.20. The van der Waals surface area contributed by atoms with E-state index in [9.17, 15) is 4.79 Å². The molecule has 0 rings (SSSR count). The van der Waals surface area contributed by atoms with E-state index < -0.39 is 0 Å². The van der Waals surface area contributed by atoms with Gasteiger partial charge in [-0.05, 0) is 19.1 Å². The van der Waals surface area contributed by atoms with E-state index >= 15 is 0 Å². The van der Waals surface area contributed by atoms with Crippen LogP contribution in [-0.4, -0.2) is 23.6 Å². The molecule has 0 saturated carbocycles. The van der Waals surface area contributed by atoms with E-state index in [1.54, 1.807) is 11.8 Å². The van der Waals surface area contributed by atoms with Crippen LogP contribution in [0.15, 0.2) is 0 Å². The molecule has 0 aromatic heterocycles. The van der Waals surface area contributed by atoms with Gasteiger partial charge in [-0.15, -0.1) is 0 Å². The second kappa shape index (κ2) is 6.10. The predicted molar refractivity (Wildman–Crippen MR) is 57.5 cm³/mol. The first-order valence-electron chi connectivity index (χ1n) is 4.43. The number of carbonyl (C=O) groups is 1. The summed E-state index contributed by atoms with van der Waals surface area (Å²) >= 11 is 1.79. The lowest BCUT2D eigenvalue weighted by Crippen LogP contribution is -2.46. The molecule has 5 heteroatoms. The van der Waals surface area contributed by atoms with Crippen molar-refractivity contribution in [3.8, 4) is 0 Å². The Bertz CT molecular complexity index is 151. The van der Waals surface area contributed by atoms with Gasteiger partial charge in [-0.25, -0.2) is 10.6 Å². The summed E-state index contributed by atoms with van der Waals surface area (Å²) in [5.41, 5.74) is 2.05. The summed E-state index contributed by atoms with van der Waals surface area (Å²) in [5, 5.41) is 2.73. The molecule has 0 aliphatic carbocycles. The second-order valence-electron chi connectivity index (χ2n) is 2.92. The zero-order valence-corrected chi connectivity index (χ0v) is 9.33. The Kier molecular flexibility index (Phi) is 5.90. The molecule has 0 atom stereocenters. The van der Waals surface area contributed by atoms with E-state index in [2.05, 4.69) is 30.8 Å². The molecule has 4 N–H and O–H groups in total. The predicted octanol–water partition coefficient (Wildman–Crippen LogP) is 1.08. The zero-order valence-electron chi connectivity index (χ0n) is 8.52. The van der Waals surface area contributed by atoms with Gasteiger partial charge in [0.15, 0.2) is 0 Å². The highest BCUT2D eigenvalue weighted by molar-refractivity contribution is 8.00.